The Morgan fingerprint density at radius 1 is 1.15 bits per heavy atom. The minimum absolute atomic E-state index is 0.175. The van der Waals surface area contributed by atoms with E-state index in [0.29, 0.717) is 50.8 Å². The van der Waals surface area contributed by atoms with Gasteiger partial charge < -0.3 is 14.4 Å². The summed E-state index contributed by atoms with van der Waals surface area (Å²) >= 11 is 0. The topological polar surface area (TPSA) is 80.6 Å². The van der Waals surface area contributed by atoms with Crippen LogP contribution in [0.4, 0.5) is 10.5 Å². The Labute approximate surface area is 158 Å². The van der Waals surface area contributed by atoms with E-state index in [2.05, 4.69) is 0 Å². The van der Waals surface area contributed by atoms with Crippen molar-refractivity contribution >= 4 is 23.6 Å². The summed E-state index contributed by atoms with van der Waals surface area (Å²) in [5, 5.41) is 0. The molecule has 27 heavy (non-hydrogen) atoms. The number of anilines is 1. The van der Waals surface area contributed by atoms with Gasteiger partial charge in [0.15, 0.2) is 6.04 Å². The van der Waals surface area contributed by atoms with Gasteiger partial charge in [0.1, 0.15) is 5.75 Å². The molecule has 0 spiro atoms. The lowest BCUT2D eigenvalue weighted by molar-refractivity contribution is -0.918. The van der Waals surface area contributed by atoms with E-state index >= 15 is 0 Å². The number of ether oxygens (including phenoxy) is 2. The average molecular weight is 376 g/mol. The van der Waals surface area contributed by atoms with Crippen molar-refractivity contribution in [2.75, 3.05) is 44.3 Å². The third-order valence-electron chi connectivity index (χ3n) is 4.98. The van der Waals surface area contributed by atoms with E-state index in [1.165, 1.54) is 4.90 Å². The van der Waals surface area contributed by atoms with Crippen molar-refractivity contribution in [2.45, 2.75) is 26.3 Å². The van der Waals surface area contributed by atoms with Gasteiger partial charge in [-0.1, -0.05) is 12.1 Å². The number of nitrogens with one attached hydrogen (secondary N) is 1. The summed E-state index contributed by atoms with van der Waals surface area (Å²) in [6, 6.07) is 6.68. The van der Waals surface area contributed by atoms with E-state index in [1.54, 1.807) is 30.0 Å². The number of para-hydroxylation sites is 2. The zero-order valence-electron chi connectivity index (χ0n) is 15.8. The van der Waals surface area contributed by atoms with Crippen LogP contribution >= 0.6 is 0 Å². The Morgan fingerprint density at radius 3 is 2.52 bits per heavy atom. The third-order valence-corrected chi connectivity index (χ3v) is 4.98. The zero-order chi connectivity index (χ0) is 19.4. The second-order valence-electron chi connectivity index (χ2n) is 6.57. The molecule has 0 bridgehead atoms. The van der Waals surface area contributed by atoms with Crippen molar-refractivity contribution in [3.63, 3.8) is 0 Å². The number of rotatable bonds is 5. The highest BCUT2D eigenvalue weighted by molar-refractivity contribution is 6.22. The number of amides is 3. The molecule has 3 rings (SSSR count). The van der Waals surface area contributed by atoms with E-state index in [4.69, 9.17) is 9.47 Å². The first-order valence-corrected chi connectivity index (χ1v) is 9.41. The molecule has 2 aliphatic rings. The van der Waals surface area contributed by atoms with E-state index in [9.17, 15) is 14.4 Å². The molecule has 1 atom stereocenters. The van der Waals surface area contributed by atoms with Crippen LogP contribution in [0.5, 0.6) is 5.75 Å². The van der Waals surface area contributed by atoms with Gasteiger partial charge in [0.2, 0.25) is 5.91 Å². The fraction of sp³-hybridized carbons (Fsp3) is 0.526. The van der Waals surface area contributed by atoms with Crippen LogP contribution in [-0.2, 0) is 14.3 Å². The number of nitrogens with zero attached hydrogens (tertiary/aromatic N) is 2. The van der Waals surface area contributed by atoms with Crippen molar-refractivity contribution in [3.05, 3.63) is 24.3 Å². The summed E-state index contributed by atoms with van der Waals surface area (Å²) in [6.07, 6.45) is -0.147. The van der Waals surface area contributed by atoms with Crippen molar-refractivity contribution < 1.29 is 28.8 Å². The molecule has 2 heterocycles. The molecule has 2 aliphatic heterocycles. The van der Waals surface area contributed by atoms with Gasteiger partial charge in [-0.3, -0.25) is 14.5 Å². The standard InChI is InChI=1S/C19H25N3O5/c1-3-26-16-8-6-5-7-14(16)22-17(23)13-15(18(22)24)20-9-11-21(12-10-20)19(25)27-4-2/h5-8,15H,3-4,9-13H2,1-2H3/p+1/t15-/m0/s1. The number of imide groups is 1. The highest BCUT2D eigenvalue weighted by atomic mass is 16.6. The summed E-state index contributed by atoms with van der Waals surface area (Å²) in [4.78, 5) is 41.4. The second-order valence-corrected chi connectivity index (χ2v) is 6.57. The fourth-order valence-corrected chi connectivity index (χ4v) is 3.66. The molecule has 0 radical (unpaired) electrons. The summed E-state index contributed by atoms with van der Waals surface area (Å²) < 4.78 is 10.6. The van der Waals surface area contributed by atoms with Crippen LogP contribution in [0.15, 0.2) is 24.3 Å². The highest BCUT2D eigenvalue weighted by Crippen LogP contribution is 2.31. The molecule has 3 amide bonds. The summed E-state index contributed by atoms with van der Waals surface area (Å²) in [5.41, 5.74) is 0.501. The SMILES string of the molecule is CCOC(=O)N1CC[NH+]([C@H]2CC(=O)N(c3ccccc3OCC)C2=O)CC1. The molecule has 0 unspecified atom stereocenters. The normalized spacial score (nSPS) is 20.9. The number of hydrogen-bond donors (Lipinski definition) is 1. The number of benzene rings is 1. The molecule has 1 aromatic carbocycles. The largest absolute Gasteiger partial charge is 0.492 e. The Morgan fingerprint density at radius 2 is 1.85 bits per heavy atom. The summed E-state index contributed by atoms with van der Waals surface area (Å²) in [6.45, 7) is 6.70. The maximum atomic E-state index is 13.0. The van der Waals surface area contributed by atoms with Crippen LogP contribution in [0, 0.1) is 0 Å². The van der Waals surface area contributed by atoms with E-state index in [-0.39, 0.29) is 24.3 Å². The van der Waals surface area contributed by atoms with Crippen LogP contribution in [0.3, 0.4) is 0 Å². The first-order valence-electron chi connectivity index (χ1n) is 9.41. The fourth-order valence-electron chi connectivity index (χ4n) is 3.66. The third kappa shape index (κ3) is 3.90. The maximum absolute atomic E-state index is 13.0. The quantitative estimate of drug-likeness (QED) is 0.736. The molecule has 0 aromatic heterocycles. The number of hydrogen-bond acceptors (Lipinski definition) is 5. The smallest absolute Gasteiger partial charge is 0.410 e. The molecule has 8 nitrogen and oxygen atoms in total. The number of quaternary nitrogens is 1. The van der Waals surface area contributed by atoms with Crippen LogP contribution in [-0.4, -0.2) is 68.2 Å². The molecule has 1 aromatic rings. The Kier molecular flexibility index (Phi) is 5.95. The van der Waals surface area contributed by atoms with Gasteiger partial charge in [0, 0.05) is 0 Å². The molecule has 0 aliphatic carbocycles. The maximum Gasteiger partial charge on any atom is 0.410 e. The number of piperazine rings is 1. The summed E-state index contributed by atoms with van der Waals surface area (Å²) in [5.74, 6) is 0.119. The summed E-state index contributed by atoms with van der Waals surface area (Å²) in [7, 11) is 0. The minimum atomic E-state index is -0.420. The number of carbonyl (C=O) groups excluding carboxylic acids is 3. The molecule has 0 saturated carbocycles. The van der Waals surface area contributed by atoms with Gasteiger partial charge in [-0.05, 0) is 26.0 Å². The first-order chi connectivity index (χ1) is 13.1. The van der Waals surface area contributed by atoms with Crippen molar-refractivity contribution in [2.24, 2.45) is 0 Å². The molecule has 8 heteroatoms. The Hall–Kier alpha value is -2.61. The predicted octanol–water partition coefficient (Wildman–Crippen LogP) is 0.0742. The van der Waals surface area contributed by atoms with E-state index < -0.39 is 6.04 Å². The van der Waals surface area contributed by atoms with E-state index in [0.717, 1.165) is 4.90 Å². The van der Waals surface area contributed by atoms with Crippen LogP contribution < -0.4 is 14.5 Å². The van der Waals surface area contributed by atoms with Crippen LogP contribution in [0.1, 0.15) is 20.3 Å². The van der Waals surface area contributed by atoms with Crippen molar-refractivity contribution in [1.29, 1.82) is 0 Å². The number of carbonyl (C=O) groups is 3. The van der Waals surface area contributed by atoms with E-state index in [1.807, 2.05) is 13.0 Å². The van der Waals surface area contributed by atoms with Crippen molar-refractivity contribution in [1.82, 2.24) is 4.90 Å². The first kappa shape index (κ1) is 19.2. The second kappa shape index (κ2) is 8.39. The lowest BCUT2D eigenvalue weighted by atomic mass is 10.2. The molecule has 1 N–H and O–H groups in total. The van der Waals surface area contributed by atoms with Crippen molar-refractivity contribution in [3.8, 4) is 5.75 Å². The van der Waals surface area contributed by atoms with Gasteiger partial charge in [-0.25, -0.2) is 9.69 Å². The predicted molar refractivity (Wildman–Crippen MR) is 97.8 cm³/mol. The average Bonchev–Trinajstić information content (AvgIpc) is 2.97. The van der Waals surface area contributed by atoms with Gasteiger partial charge in [-0.15, -0.1) is 0 Å². The lowest BCUT2D eigenvalue weighted by Crippen LogP contribution is -3.19. The van der Waals surface area contributed by atoms with Crippen LogP contribution in [0.25, 0.3) is 0 Å². The Balaban J connectivity index is 1.70. The molecular formula is C19H26N3O5+. The van der Waals surface area contributed by atoms with Gasteiger partial charge in [-0.2, -0.15) is 0 Å². The monoisotopic (exact) mass is 376 g/mol. The molecule has 2 fully saturated rings. The highest BCUT2D eigenvalue weighted by Gasteiger charge is 2.47. The minimum Gasteiger partial charge on any atom is -0.492 e. The molecule has 146 valence electrons. The zero-order valence-corrected chi connectivity index (χ0v) is 15.8. The van der Waals surface area contributed by atoms with Gasteiger partial charge in [0.05, 0.1) is 51.5 Å². The van der Waals surface area contributed by atoms with Crippen LogP contribution in [0.2, 0.25) is 0 Å². The van der Waals surface area contributed by atoms with Gasteiger partial charge in [0.25, 0.3) is 5.91 Å². The molecule has 2 saturated heterocycles. The van der Waals surface area contributed by atoms with Gasteiger partial charge >= 0.3 is 6.09 Å². The lowest BCUT2D eigenvalue weighted by Gasteiger charge is -2.33. The molecular weight excluding hydrogens is 350 g/mol. The Bertz CT molecular complexity index is 715.